The first-order chi connectivity index (χ1) is 15.4. The Morgan fingerprint density at radius 1 is 1.00 bits per heavy atom. The molecule has 0 bridgehead atoms. The molecule has 1 fully saturated rings. The summed E-state index contributed by atoms with van der Waals surface area (Å²) in [6.45, 7) is 1.36. The van der Waals surface area contributed by atoms with Crippen LogP contribution in [0, 0.1) is 5.92 Å². The Balaban J connectivity index is 2.37. The molecule has 34 heavy (non-hydrogen) atoms. The molecule has 0 amide bonds. The van der Waals surface area contributed by atoms with Crippen LogP contribution in [0.15, 0.2) is 46.3 Å². The van der Waals surface area contributed by atoms with Crippen LogP contribution in [0.5, 0.6) is 0 Å². The summed E-state index contributed by atoms with van der Waals surface area (Å²) in [5, 5.41) is 0. The van der Waals surface area contributed by atoms with E-state index in [-0.39, 0.29) is 18.9 Å². The highest BCUT2D eigenvalue weighted by Gasteiger charge is 2.54. The molecule has 0 N–H and O–H groups in total. The van der Waals surface area contributed by atoms with Gasteiger partial charge in [-0.2, -0.15) is 26.3 Å². The highest BCUT2D eigenvalue weighted by molar-refractivity contribution is 7.92. The third-order valence-corrected chi connectivity index (χ3v) is 8.74. The molecule has 14 heteroatoms. The van der Waals surface area contributed by atoms with Gasteiger partial charge in [-0.15, -0.1) is 0 Å². The van der Waals surface area contributed by atoms with Gasteiger partial charge in [-0.1, -0.05) is 13.0 Å². The Morgan fingerprint density at radius 3 is 2.15 bits per heavy atom. The number of halogens is 6. The zero-order valence-electron chi connectivity index (χ0n) is 17.7. The largest absolute Gasteiger partial charge is 0.417 e. The predicted molar refractivity (Wildman–Crippen MR) is 107 cm³/mol. The maximum absolute atomic E-state index is 13.7. The maximum Gasteiger partial charge on any atom is 0.417 e. The van der Waals surface area contributed by atoms with Crippen LogP contribution >= 0.6 is 0 Å². The topological polar surface area (TPSA) is 90.4 Å². The number of alkyl halides is 6. The number of nitrogens with zero attached hydrogens (tertiary/aromatic N) is 1. The van der Waals surface area contributed by atoms with Gasteiger partial charge in [0, 0.05) is 19.1 Å². The lowest BCUT2D eigenvalue weighted by molar-refractivity contribution is -0.138. The SMILES string of the molecule is CC1CCOC(c2ncc(C(F)(F)F)cc2S(C)(=O)=O)(S(=O)(=O)c2cccc(C(F)(F)F)c2)C1. The lowest BCUT2D eigenvalue weighted by Crippen LogP contribution is -2.45. The maximum atomic E-state index is 13.7. The number of hydrogen-bond donors (Lipinski definition) is 0. The van der Waals surface area contributed by atoms with Crippen molar-refractivity contribution in [2.45, 2.75) is 46.8 Å². The molecule has 188 valence electrons. The van der Waals surface area contributed by atoms with Gasteiger partial charge in [0.05, 0.1) is 20.9 Å². The van der Waals surface area contributed by atoms with Gasteiger partial charge in [0.1, 0.15) is 5.69 Å². The van der Waals surface area contributed by atoms with Gasteiger partial charge in [0.25, 0.3) is 0 Å². The molecule has 1 aromatic heterocycles. The average molecular weight is 531 g/mol. The minimum absolute atomic E-state index is 0.245. The highest BCUT2D eigenvalue weighted by atomic mass is 32.2. The molecule has 2 heterocycles. The Kier molecular flexibility index (Phi) is 6.59. The van der Waals surface area contributed by atoms with Crippen LogP contribution in [0.25, 0.3) is 0 Å². The lowest BCUT2D eigenvalue weighted by Gasteiger charge is -2.39. The van der Waals surface area contributed by atoms with E-state index in [0.29, 0.717) is 24.8 Å². The van der Waals surface area contributed by atoms with E-state index >= 15 is 0 Å². The first-order valence-electron chi connectivity index (χ1n) is 9.73. The van der Waals surface area contributed by atoms with Crippen LogP contribution in [0.2, 0.25) is 0 Å². The van der Waals surface area contributed by atoms with Crippen molar-refractivity contribution in [3.63, 3.8) is 0 Å². The van der Waals surface area contributed by atoms with Crippen molar-refractivity contribution < 1.29 is 47.9 Å². The Bertz CT molecular complexity index is 1310. The molecule has 0 aliphatic carbocycles. The van der Waals surface area contributed by atoms with Gasteiger partial charge in [0.2, 0.25) is 14.8 Å². The quantitative estimate of drug-likeness (QED) is 0.536. The van der Waals surface area contributed by atoms with E-state index in [1.165, 1.54) is 0 Å². The second-order valence-electron chi connectivity index (χ2n) is 8.07. The van der Waals surface area contributed by atoms with E-state index in [1.54, 1.807) is 6.92 Å². The summed E-state index contributed by atoms with van der Waals surface area (Å²) < 4.78 is 137. The summed E-state index contributed by atoms with van der Waals surface area (Å²) in [5.41, 5.74) is -3.55. The van der Waals surface area contributed by atoms with Crippen molar-refractivity contribution in [2.24, 2.45) is 5.92 Å². The number of aromatic nitrogens is 1. The van der Waals surface area contributed by atoms with Gasteiger partial charge >= 0.3 is 12.4 Å². The summed E-state index contributed by atoms with van der Waals surface area (Å²) in [7, 11) is -9.44. The van der Waals surface area contributed by atoms with E-state index in [9.17, 15) is 43.2 Å². The molecular formula is C20H19F6NO5S2. The van der Waals surface area contributed by atoms with Crippen molar-refractivity contribution in [3.05, 3.63) is 53.3 Å². The molecule has 1 aliphatic rings. The number of sulfone groups is 2. The second kappa shape index (κ2) is 8.48. The van der Waals surface area contributed by atoms with Crippen LogP contribution < -0.4 is 0 Å². The third kappa shape index (κ3) is 4.80. The summed E-state index contributed by atoms with van der Waals surface area (Å²) in [5.74, 6) is -0.439. The molecule has 2 aromatic rings. The summed E-state index contributed by atoms with van der Waals surface area (Å²) in [4.78, 5) is -0.919. The van der Waals surface area contributed by atoms with Crippen LogP contribution in [-0.4, -0.2) is 34.7 Å². The zero-order chi connectivity index (χ0) is 25.7. The predicted octanol–water partition coefficient (Wildman–Crippen LogP) is 4.60. The van der Waals surface area contributed by atoms with Crippen LogP contribution in [0.1, 0.15) is 36.6 Å². The standard InChI is InChI=1S/C20H19F6NO5S2/c1-12-6-7-32-18(10-12,34(30,31)15-5-3-4-13(8-15)19(21,22)23)17-16(33(2,28)29)9-14(11-27-17)20(24,25)26/h3-5,8-9,11-12H,6-7,10H2,1-2H3. The molecule has 6 nitrogen and oxygen atoms in total. The van der Waals surface area contributed by atoms with Gasteiger partial charge in [0.15, 0.2) is 9.84 Å². The first kappa shape index (κ1) is 26.4. The first-order valence-corrected chi connectivity index (χ1v) is 13.1. The lowest BCUT2D eigenvalue weighted by atomic mass is 9.95. The smallest absolute Gasteiger partial charge is 0.353 e. The van der Waals surface area contributed by atoms with Gasteiger partial charge in [-0.05, 0) is 43.0 Å². The van der Waals surface area contributed by atoms with Crippen LogP contribution in [0.3, 0.4) is 0 Å². The minimum Gasteiger partial charge on any atom is -0.353 e. The number of rotatable bonds is 4. The zero-order valence-corrected chi connectivity index (χ0v) is 19.4. The average Bonchev–Trinajstić information content (AvgIpc) is 2.71. The Hall–Kier alpha value is -2.19. The third-order valence-electron chi connectivity index (χ3n) is 5.41. The molecule has 0 saturated carbocycles. The summed E-state index contributed by atoms with van der Waals surface area (Å²) in [6.07, 6.45) is -9.13. The monoisotopic (exact) mass is 531 g/mol. The van der Waals surface area contributed by atoms with Gasteiger partial charge in [-0.3, -0.25) is 4.98 Å². The van der Waals surface area contributed by atoms with Crippen molar-refractivity contribution in [1.82, 2.24) is 4.98 Å². The Morgan fingerprint density at radius 2 is 1.62 bits per heavy atom. The second-order valence-corrected chi connectivity index (χ2v) is 12.2. The molecule has 2 atom stereocenters. The molecule has 2 unspecified atom stereocenters. The van der Waals surface area contributed by atoms with E-state index in [1.807, 2.05) is 0 Å². The fourth-order valence-electron chi connectivity index (χ4n) is 3.72. The molecule has 3 rings (SSSR count). The fraction of sp³-hybridized carbons (Fsp3) is 0.450. The van der Waals surface area contributed by atoms with E-state index in [4.69, 9.17) is 4.74 Å². The highest BCUT2D eigenvalue weighted by Crippen LogP contribution is 2.47. The van der Waals surface area contributed by atoms with E-state index in [2.05, 4.69) is 4.98 Å². The fourth-order valence-corrected chi connectivity index (χ4v) is 6.78. The molecule has 1 saturated heterocycles. The molecular weight excluding hydrogens is 512 g/mol. The molecule has 1 aromatic carbocycles. The van der Waals surface area contributed by atoms with Crippen molar-refractivity contribution in [1.29, 1.82) is 0 Å². The summed E-state index contributed by atoms with van der Waals surface area (Å²) in [6, 6.07) is 2.99. The van der Waals surface area contributed by atoms with Gasteiger partial charge < -0.3 is 4.74 Å². The van der Waals surface area contributed by atoms with Crippen LogP contribution in [0.4, 0.5) is 26.3 Å². The van der Waals surface area contributed by atoms with Crippen molar-refractivity contribution in [3.8, 4) is 0 Å². The number of pyridine rings is 1. The van der Waals surface area contributed by atoms with Crippen molar-refractivity contribution >= 4 is 19.7 Å². The number of benzene rings is 1. The van der Waals surface area contributed by atoms with Crippen molar-refractivity contribution in [2.75, 3.05) is 12.9 Å². The van der Waals surface area contributed by atoms with E-state index < -0.39 is 75.9 Å². The Labute approximate surface area is 191 Å². The number of ether oxygens (including phenoxy) is 1. The summed E-state index contributed by atoms with van der Waals surface area (Å²) >= 11 is 0. The minimum atomic E-state index is -4.99. The van der Waals surface area contributed by atoms with Gasteiger partial charge in [-0.25, -0.2) is 16.8 Å². The molecule has 1 aliphatic heterocycles. The van der Waals surface area contributed by atoms with E-state index in [0.717, 1.165) is 12.1 Å². The van der Waals surface area contributed by atoms with Crippen LogP contribution in [-0.2, 0) is 41.7 Å². The molecule has 0 radical (unpaired) electrons. The normalized spacial score (nSPS) is 22.5. The number of hydrogen-bond acceptors (Lipinski definition) is 6. The molecule has 0 spiro atoms.